The van der Waals surface area contributed by atoms with Crippen molar-refractivity contribution < 1.29 is 22.7 Å². The third-order valence-corrected chi connectivity index (χ3v) is 1.98. The summed E-state index contributed by atoms with van der Waals surface area (Å²) in [4.78, 5) is 10.5. The van der Waals surface area contributed by atoms with Gasteiger partial charge < -0.3 is 4.74 Å². The monoisotopic (exact) mass is 252 g/mol. The highest BCUT2D eigenvalue weighted by atomic mass is 35.5. The molecule has 6 heteroatoms. The quantitative estimate of drug-likeness (QED) is 0.822. The average Bonchev–Trinajstić information content (AvgIpc) is 2.19. The topological polar surface area (TPSA) is 26.3 Å². The fourth-order valence-electron chi connectivity index (χ4n) is 0.934. The van der Waals surface area contributed by atoms with Crippen LogP contribution in [0.25, 0.3) is 0 Å². The molecular formula is C10H8ClF3O2. The first-order valence-corrected chi connectivity index (χ1v) is 4.76. The van der Waals surface area contributed by atoms with E-state index in [0.29, 0.717) is 10.8 Å². The fraction of sp³-hybridized carbons (Fsp3) is 0.300. The maximum absolute atomic E-state index is 11.8. The second-order valence-corrected chi connectivity index (χ2v) is 3.41. The zero-order chi connectivity index (χ0) is 12.2. The van der Waals surface area contributed by atoms with Crippen LogP contribution in [0.2, 0.25) is 5.02 Å². The van der Waals surface area contributed by atoms with Crippen LogP contribution in [0.1, 0.15) is 6.42 Å². The summed E-state index contributed by atoms with van der Waals surface area (Å²) < 4.78 is 40.4. The Balaban J connectivity index is 2.36. The molecule has 0 radical (unpaired) electrons. The second-order valence-electron chi connectivity index (χ2n) is 2.97. The summed E-state index contributed by atoms with van der Waals surface area (Å²) in [7, 11) is 0. The molecule has 0 aliphatic rings. The Labute approximate surface area is 95.0 Å². The van der Waals surface area contributed by atoms with Gasteiger partial charge in [-0.1, -0.05) is 11.6 Å². The third-order valence-electron chi connectivity index (χ3n) is 1.73. The van der Waals surface area contributed by atoms with Crippen LogP contribution in [0.4, 0.5) is 13.2 Å². The largest absolute Gasteiger partial charge is 0.493 e. The van der Waals surface area contributed by atoms with Crippen LogP contribution in [-0.2, 0) is 4.79 Å². The maximum atomic E-state index is 11.8. The number of carbonyl (C=O) groups is 1. The predicted octanol–water partition coefficient (Wildman–Crippen LogP) is 3.24. The van der Waals surface area contributed by atoms with E-state index in [1.807, 2.05) is 0 Å². The van der Waals surface area contributed by atoms with Gasteiger partial charge in [-0.3, -0.25) is 4.79 Å². The summed E-state index contributed by atoms with van der Waals surface area (Å²) in [5, 5.41) is 0.499. The molecule has 0 heterocycles. The molecule has 1 rings (SSSR count). The molecule has 0 atom stereocenters. The Morgan fingerprint density at radius 2 is 1.81 bits per heavy atom. The first-order chi connectivity index (χ1) is 7.39. The molecule has 0 saturated heterocycles. The molecule has 2 nitrogen and oxygen atoms in total. The Morgan fingerprint density at radius 3 is 2.31 bits per heavy atom. The van der Waals surface area contributed by atoms with Crippen molar-refractivity contribution in [3.05, 3.63) is 29.3 Å². The molecule has 88 valence electrons. The number of hydrogen-bond acceptors (Lipinski definition) is 2. The van der Waals surface area contributed by atoms with Crippen molar-refractivity contribution in [2.75, 3.05) is 6.61 Å². The van der Waals surface area contributed by atoms with Gasteiger partial charge >= 0.3 is 6.18 Å². The zero-order valence-corrected chi connectivity index (χ0v) is 8.81. The summed E-state index contributed by atoms with van der Waals surface area (Å²) in [6.45, 7) is -0.306. The minimum Gasteiger partial charge on any atom is -0.493 e. The summed E-state index contributed by atoms with van der Waals surface area (Å²) in [5.41, 5.74) is 0. The Bertz CT molecular complexity index is 359. The minimum atomic E-state index is -4.79. The van der Waals surface area contributed by atoms with Gasteiger partial charge in [0.2, 0.25) is 5.78 Å². The number of ether oxygens (including phenoxy) is 1. The smallest absolute Gasteiger partial charge is 0.450 e. The van der Waals surface area contributed by atoms with Gasteiger partial charge in [0.1, 0.15) is 5.75 Å². The van der Waals surface area contributed by atoms with E-state index in [4.69, 9.17) is 16.3 Å². The highest BCUT2D eigenvalue weighted by molar-refractivity contribution is 6.30. The number of ketones is 1. The highest BCUT2D eigenvalue weighted by Gasteiger charge is 2.37. The summed E-state index contributed by atoms with van der Waals surface area (Å²) >= 11 is 5.60. The molecule has 0 bridgehead atoms. The minimum absolute atomic E-state index is 0.306. The molecule has 0 aliphatic heterocycles. The normalized spacial score (nSPS) is 11.2. The molecule has 1 aromatic rings. The number of halogens is 4. The van der Waals surface area contributed by atoms with Gasteiger partial charge in [-0.2, -0.15) is 13.2 Å². The molecule has 16 heavy (non-hydrogen) atoms. The number of Topliss-reactive ketones (excluding diaryl/α,β-unsaturated/α-hetero) is 1. The van der Waals surface area contributed by atoms with Crippen LogP contribution in [0.5, 0.6) is 5.75 Å². The van der Waals surface area contributed by atoms with Crippen molar-refractivity contribution in [1.82, 2.24) is 0 Å². The lowest BCUT2D eigenvalue weighted by molar-refractivity contribution is -0.171. The van der Waals surface area contributed by atoms with Crippen LogP contribution < -0.4 is 4.74 Å². The van der Waals surface area contributed by atoms with Crippen molar-refractivity contribution in [1.29, 1.82) is 0 Å². The van der Waals surface area contributed by atoms with Gasteiger partial charge in [-0.25, -0.2) is 0 Å². The van der Waals surface area contributed by atoms with Crippen molar-refractivity contribution in [2.45, 2.75) is 12.6 Å². The predicted molar refractivity (Wildman–Crippen MR) is 52.6 cm³/mol. The summed E-state index contributed by atoms with van der Waals surface area (Å²) in [6.07, 6.45) is -5.48. The average molecular weight is 253 g/mol. The number of alkyl halides is 3. The molecule has 0 aromatic heterocycles. The van der Waals surface area contributed by atoms with E-state index < -0.39 is 18.4 Å². The standard InChI is InChI=1S/C10H8ClF3O2/c11-7-1-3-8(4-2-7)16-6-5-9(15)10(12,13)14/h1-4H,5-6H2. The van der Waals surface area contributed by atoms with E-state index in [9.17, 15) is 18.0 Å². The number of carbonyl (C=O) groups excluding carboxylic acids is 1. The van der Waals surface area contributed by atoms with Crippen LogP contribution in [0.15, 0.2) is 24.3 Å². The molecule has 0 aliphatic carbocycles. The molecule has 0 N–H and O–H groups in total. The van der Waals surface area contributed by atoms with E-state index >= 15 is 0 Å². The van der Waals surface area contributed by atoms with Crippen LogP contribution in [0, 0.1) is 0 Å². The number of rotatable bonds is 4. The van der Waals surface area contributed by atoms with E-state index in [2.05, 4.69) is 0 Å². The van der Waals surface area contributed by atoms with Crippen molar-refractivity contribution in [2.24, 2.45) is 0 Å². The van der Waals surface area contributed by atoms with Crippen LogP contribution >= 0.6 is 11.6 Å². The molecule has 0 unspecified atom stereocenters. The van der Waals surface area contributed by atoms with E-state index in [1.165, 1.54) is 12.1 Å². The maximum Gasteiger partial charge on any atom is 0.450 e. The van der Waals surface area contributed by atoms with Gasteiger partial charge in [-0.05, 0) is 24.3 Å². The lowest BCUT2D eigenvalue weighted by atomic mass is 10.3. The molecule has 0 spiro atoms. The first-order valence-electron chi connectivity index (χ1n) is 4.38. The lowest BCUT2D eigenvalue weighted by Gasteiger charge is -2.07. The van der Waals surface area contributed by atoms with Gasteiger partial charge in [0.15, 0.2) is 0 Å². The molecular weight excluding hydrogens is 245 g/mol. The Kier molecular flexibility index (Phi) is 4.18. The first kappa shape index (κ1) is 12.8. The molecule has 0 amide bonds. The highest BCUT2D eigenvalue weighted by Crippen LogP contribution is 2.19. The molecule has 1 aromatic carbocycles. The summed E-state index contributed by atoms with van der Waals surface area (Å²) in [5.74, 6) is -1.42. The molecule has 0 saturated carbocycles. The molecule has 0 fully saturated rings. The van der Waals surface area contributed by atoms with E-state index in [-0.39, 0.29) is 6.61 Å². The van der Waals surface area contributed by atoms with Gasteiger partial charge in [0.25, 0.3) is 0 Å². The van der Waals surface area contributed by atoms with Crippen LogP contribution in [-0.4, -0.2) is 18.6 Å². The van der Waals surface area contributed by atoms with E-state index in [0.717, 1.165) is 0 Å². The second kappa shape index (κ2) is 5.21. The van der Waals surface area contributed by atoms with Crippen LogP contribution in [0.3, 0.4) is 0 Å². The number of benzene rings is 1. The van der Waals surface area contributed by atoms with Gasteiger partial charge in [0, 0.05) is 11.4 Å². The number of hydrogen-bond donors (Lipinski definition) is 0. The lowest BCUT2D eigenvalue weighted by Crippen LogP contribution is -2.24. The van der Waals surface area contributed by atoms with Crippen molar-refractivity contribution in [3.63, 3.8) is 0 Å². The summed E-state index contributed by atoms with van der Waals surface area (Å²) in [6, 6.07) is 6.12. The Morgan fingerprint density at radius 1 is 1.25 bits per heavy atom. The van der Waals surface area contributed by atoms with Crippen molar-refractivity contribution >= 4 is 17.4 Å². The Hall–Kier alpha value is -1.23. The van der Waals surface area contributed by atoms with E-state index in [1.54, 1.807) is 12.1 Å². The van der Waals surface area contributed by atoms with Gasteiger partial charge in [-0.15, -0.1) is 0 Å². The van der Waals surface area contributed by atoms with Crippen molar-refractivity contribution in [3.8, 4) is 5.75 Å². The third kappa shape index (κ3) is 4.10. The SMILES string of the molecule is O=C(CCOc1ccc(Cl)cc1)C(F)(F)F. The zero-order valence-electron chi connectivity index (χ0n) is 8.05. The fourth-order valence-corrected chi connectivity index (χ4v) is 1.06. The van der Waals surface area contributed by atoms with Gasteiger partial charge in [0.05, 0.1) is 6.61 Å².